The Morgan fingerprint density at radius 2 is 0.586 bits per heavy atom. The number of hydrogen-bond acceptors (Lipinski definition) is 15. The fraction of sp³-hybridized carbons (Fsp3) is 0.941. The van der Waals surface area contributed by atoms with Gasteiger partial charge in [-0.25, -0.2) is 9.13 Å². The van der Waals surface area contributed by atoms with Crippen LogP contribution in [0.25, 0.3) is 0 Å². The van der Waals surface area contributed by atoms with Crippen LogP contribution in [0.3, 0.4) is 0 Å². The third-order valence-corrected chi connectivity index (χ3v) is 18.0. The van der Waals surface area contributed by atoms with Gasteiger partial charge in [0.05, 0.1) is 26.4 Å². The lowest BCUT2D eigenvalue weighted by atomic mass is 10.00. The molecule has 0 fully saturated rings. The summed E-state index contributed by atoms with van der Waals surface area (Å²) >= 11 is 0. The second kappa shape index (κ2) is 60.3. The first kappa shape index (κ1) is 85.1. The van der Waals surface area contributed by atoms with Crippen molar-refractivity contribution in [3.8, 4) is 0 Å². The van der Waals surface area contributed by atoms with Gasteiger partial charge in [0.15, 0.2) is 12.2 Å². The minimum Gasteiger partial charge on any atom is -0.462 e. The van der Waals surface area contributed by atoms with Crippen molar-refractivity contribution in [2.24, 2.45) is 11.8 Å². The van der Waals surface area contributed by atoms with Gasteiger partial charge in [0.2, 0.25) is 0 Å². The molecule has 3 N–H and O–H groups in total. The highest BCUT2D eigenvalue weighted by molar-refractivity contribution is 7.47. The predicted molar refractivity (Wildman–Crippen MR) is 349 cm³/mol. The normalized spacial score (nSPS) is 14.5. The molecule has 0 aromatic carbocycles. The van der Waals surface area contributed by atoms with Crippen LogP contribution in [0.15, 0.2) is 0 Å². The van der Waals surface area contributed by atoms with Crippen LogP contribution < -0.4 is 0 Å². The van der Waals surface area contributed by atoms with E-state index in [9.17, 15) is 43.2 Å². The molecule has 516 valence electrons. The molecule has 19 heteroatoms. The van der Waals surface area contributed by atoms with E-state index in [0.717, 1.165) is 108 Å². The van der Waals surface area contributed by atoms with Crippen LogP contribution in [-0.2, 0) is 65.4 Å². The zero-order valence-corrected chi connectivity index (χ0v) is 58.1. The van der Waals surface area contributed by atoms with E-state index in [2.05, 4.69) is 41.5 Å². The highest BCUT2D eigenvalue weighted by atomic mass is 31.2. The molecule has 0 aliphatic rings. The molecule has 6 atom stereocenters. The third-order valence-electron chi connectivity index (χ3n) is 16.1. The smallest absolute Gasteiger partial charge is 0.462 e. The Morgan fingerprint density at radius 3 is 0.874 bits per heavy atom. The minimum atomic E-state index is -4.95. The first-order valence-corrected chi connectivity index (χ1v) is 38.5. The fourth-order valence-corrected chi connectivity index (χ4v) is 11.8. The van der Waals surface area contributed by atoms with Gasteiger partial charge in [-0.05, 0) is 37.5 Å². The number of aliphatic hydroxyl groups is 1. The summed E-state index contributed by atoms with van der Waals surface area (Å²) in [4.78, 5) is 72.4. The van der Waals surface area contributed by atoms with E-state index >= 15 is 0 Å². The Hall–Kier alpha value is -1.94. The van der Waals surface area contributed by atoms with Gasteiger partial charge in [-0.2, -0.15) is 0 Å². The summed E-state index contributed by atoms with van der Waals surface area (Å²) in [7, 11) is -9.89. The maximum atomic E-state index is 13.0. The summed E-state index contributed by atoms with van der Waals surface area (Å²) < 4.78 is 68.2. The van der Waals surface area contributed by atoms with E-state index in [4.69, 9.17) is 37.0 Å². The zero-order valence-electron chi connectivity index (χ0n) is 56.3. The van der Waals surface area contributed by atoms with Crippen LogP contribution in [0.1, 0.15) is 343 Å². The number of carbonyl (C=O) groups excluding carboxylic acids is 4. The maximum Gasteiger partial charge on any atom is 0.472 e. The number of rotatable bonds is 67. The summed E-state index contributed by atoms with van der Waals surface area (Å²) in [6.45, 7) is 9.49. The van der Waals surface area contributed by atoms with Crippen molar-refractivity contribution in [1.82, 2.24) is 0 Å². The van der Waals surface area contributed by atoms with E-state index in [-0.39, 0.29) is 25.7 Å². The molecule has 0 amide bonds. The van der Waals surface area contributed by atoms with Gasteiger partial charge < -0.3 is 33.8 Å². The highest BCUT2D eigenvalue weighted by Crippen LogP contribution is 2.45. The summed E-state index contributed by atoms with van der Waals surface area (Å²) in [5.74, 6) is -0.630. The van der Waals surface area contributed by atoms with Gasteiger partial charge in [0.25, 0.3) is 0 Å². The lowest BCUT2D eigenvalue weighted by molar-refractivity contribution is -0.161. The van der Waals surface area contributed by atoms with E-state index < -0.39 is 97.5 Å². The Kier molecular flexibility index (Phi) is 59.0. The lowest BCUT2D eigenvalue weighted by Crippen LogP contribution is -2.30. The number of unbranched alkanes of at least 4 members (excludes halogenated alkanes) is 36. The zero-order chi connectivity index (χ0) is 64.3. The molecule has 0 aliphatic heterocycles. The molecule has 0 heterocycles. The SMILES string of the molecule is CCCCCCCCCCCCCCC(=O)OC[C@H](COP(=O)(O)OC[C@@H](O)COP(=O)(O)OC[C@@H](COC(=O)CCCCCCCCC(C)CC)OC(=O)CCCCCCCCCCCCC)OC(=O)CCCCCCCCCCCCCC(C)C. The van der Waals surface area contributed by atoms with Gasteiger partial charge in [-0.15, -0.1) is 0 Å². The Labute approximate surface area is 530 Å². The minimum absolute atomic E-state index is 0.106. The fourth-order valence-electron chi connectivity index (χ4n) is 10.2. The van der Waals surface area contributed by atoms with Gasteiger partial charge in [-0.3, -0.25) is 37.3 Å². The molecule has 0 aromatic rings. The third kappa shape index (κ3) is 61.3. The van der Waals surface area contributed by atoms with Crippen LogP contribution in [0.5, 0.6) is 0 Å². The van der Waals surface area contributed by atoms with E-state index in [0.29, 0.717) is 25.7 Å². The number of esters is 4. The van der Waals surface area contributed by atoms with Crippen LogP contribution in [0.4, 0.5) is 0 Å². The van der Waals surface area contributed by atoms with Crippen molar-refractivity contribution in [3.63, 3.8) is 0 Å². The van der Waals surface area contributed by atoms with Crippen LogP contribution in [-0.4, -0.2) is 96.7 Å². The van der Waals surface area contributed by atoms with Crippen LogP contribution in [0.2, 0.25) is 0 Å². The van der Waals surface area contributed by atoms with Crippen molar-refractivity contribution in [2.45, 2.75) is 362 Å². The molecule has 0 aliphatic carbocycles. The molecule has 3 unspecified atom stereocenters. The quantitative estimate of drug-likeness (QED) is 0.0222. The second-order valence-corrected chi connectivity index (χ2v) is 28.2. The molecule has 0 bridgehead atoms. The largest absolute Gasteiger partial charge is 0.472 e. The molecule has 17 nitrogen and oxygen atoms in total. The van der Waals surface area contributed by atoms with Gasteiger partial charge in [-0.1, -0.05) is 292 Å². The number of phosphoric acid groups is 2. The van der Waals surface area contributed by atoms with Gasteiger partial charge in [0.1, 0.15) is 19.3 Å². The monoisotopic (exact) mass is 1280 g/mol. The molecule has 0 aromatic heterocycles. The Balaban J connectivity index is 5.25. The predicted octanol–water partition coefficient (Wildman–Crippen LogP) is 19.2. The first-order valence-electron chi connectivity index (χ1n) is 35.5. The summed E-state index contributed by atoms with van der Waals surface area (Å²) in [5, 5.41) is 10.6. The molecule has 0 saturated heterocycles. The molecule has 0 spiro atoms. The number of hydrogen-bond donors (Lipinski definition) is 3. The summed E-state index contributed by atoms with van der Waals surface area (Å²) in [5.41, 5.74) is 0. The average Bonchev–Trinajstić information content (AvgIpc) is 3.62. The van der Waals surface area contributed by atoms with Crippen molar-refractivity contribution in [1.29, 1.82) is 0 Å². The van der Waals surface area contributed by atoms with Crippen molar-refractivity contribution in [3.05, 3.63) is 0 Å². The Bertz CT molecular complexity index is 1700. The van der Waals surface area contributed by atoms with E-state index in [1.54, 1.807) is 0 Å². The first-order chi connectivity index (χ1) is 41.9. The highest BCUT2D eigenvalue weighted by Gasteiger charge is 2.30. The average molecular weight is 1280 g/mol. The van der Waals surface area contributed by atoms with Gasteiger partial charge >= 0.3 is 39.5 Å². The Morgan fingerprint density at radius 1 is 0.333 bits per heavy atom. The number of aliphatic hydroxyl groups excluding tert-OH is 1. The summed E-state index contributed by atoms with van der Waals surface area (Å²) in [6, 6.07) is 0. The van der Waals surface area contributed by atoms with Gasteiger partial charge in [0, 0.05) is 25.7 Å². The molecule has 87 heavy (non-hydrogen) atoms. The number of ether oxygens (including phenoxy) is 4. The number of phosphoric ester groups is 2. The molecule has 0 saturated carbocycles. The van der Waals surface area contributed by atoms with Crippen LogP contribution >= 0.6 is 15.6 Å². The molecular formula is C68H132O17P2. The van der Waals surface area contributed by atoms with Crippen molar-refractivity contribution >= 4 is 39.5 Å². The molecule has 0 rings (SSSR count). The number of carbonyl (C=O) groups is 4. The van der Waals surface area contributed by atoms with E-state index in [1.807, 2.05) is 0 Å². The van der Waals surface area contributed by atoms with Crippen LogP contribution in [0, 0.1) is 11.8 Å². The molecule has 0 radical (unpaired) electrons. The van der Waals surface area contributed by atoms with Crippen molar-refractivity contribution in [2.75, 3.05) is 39.6 Å². The molecular weight excluding hydrogens is 1150 g/mol. The van der Waals surface area contributed by atoms with Crippen molar-refractivity contribution < 1.29 is 80.2 Å². The standard InChI is InChI=1S/C68H132O17P2/c1-7-10-12-14-16-18-20-24-27-31-38-44-50-65(70)78-56-63(84-68(73)53-47-41-33-29-25-21-23-26-30-36-42-48-60(4)5)58-82-86(74,75)80-54-62(69)55-81-87(76,77)83-59-64(57-79-66(71)51-45-39-35-34-37-43-49-61(6)9-3)85-67(72)52-46-40-32-28-22-19-17-15-13-11-8-2/h60-64,69H,7-59H2,1-6H3,(H,74,75)(H,76,77)/t61?,62-,63-,64-/m1/s1. The van der Waals surface area contributed by atoms with E-state index in [1.165, 1.54) is 154 Å². The lowest BCUT2D eigenvalue weighted by Gasteiger charge is -2.21. The topological polar surface area (TPSA) is 237 Å². The maximum absolute atomic E-state index is 13.0. The second-order valence-electron chi connectivity index (χ2n) is 25.3. The summed E-state index contributed by atoms with van der Waals surface area (Å²) in [6.07, 6.45) is 44.3.